The fourth-order valence-electron chi connectivity index (χ4n) is 2.07. The van der Waals surface area contributed by atoms with E-state index in [1.54, 1.807) is 23.5 Å². The van der Waals surface area contributed by atoms with Gasteiger partial charge in [0.15, 0.2) is 0 Å². The predicted octanol–water partition coefficient (Wildman–Crippen LogP) is 3.89. The maximum atomic E-state index is 6.26. The molecule has 0 saturated carbocycles. The van der Waals surface area contributed by atoms with E-state index in [1.807, 2.05) is 30.7 Å². The van der Waals surface area contributed by atoms with E-state index >= 15 is 0 Å². The van der Waals surface area contributed by atoms with Crippen molar-refractivity contribution in [1.29, 1.82) is 0 Å². The largest absolute Gasteiger partial charge is 0.398 e. The molecule has 0 aliphatic rings. The normalized spacial score (nSPS) is 10.6. The molecule has 0 fully saturated rings. The average Bonchev–Trinajstić information content (AvgIpc) is 2.44. The minimum atomic E-state index is 0.800. The first-order chi connectivity index (χ1) is 9.17. The first-order valence-corrected chi connectivity index (χ1v) is 8.45. The van der Waals surface area contributed by atoms with Crippen LogP contribution in [-0.2, 0) is 6.42 Å². The van der Waals surface area contributed by atoms with Crippen molar-refractivity contribution in [2.45, 2.75) is 16.2 Å². The molecule has 0 radical (unpaired) electrons. The van der Waals surface area contributed by atoms with E-state index in [2.05, 4.69) is 18.2 Å². The van der Waals surface area contributed by atoms with E-state index in [-0.39, 0.29) is 0 Å². The summed E-state index contributed by atoms with van der Waals surface area (Å²) in [7, 11) is 0. The Hall–Kier alpha value is -1.26. The van der Waals surface area contributed by atoms with Gasteiger partial charge < -0.3 is 11.5 Å². The van der Waals surface area contributed by atoms with Crippen LogP contribution in [0.3, 0.4) is 0 Å². The molecule has 2 rings (SSSR count). The molecule has 0 bridgehead atoms. The van der Waals surface area contributed by atoms with Crippen molar-refractivity contribution in [2.24, 2.45) is 0 Å². The molecular weight excluding hydrogens is 272 g/mol. The zero-order valence-electron chi connectivity index (χ0n) is 11.1. The van der Waals surface area contributed by atoms with Gasteiger partial charge in [0.05, 0.1) is 16.3 Å². The van der Waals surface area contributed by atoms with Gasteiger partial charge in [-0.1, -0.05) is 30.3 Å². The topological polar surface area (TPSA) is 52.0 Å². The summed E-state index contributed by atoms with van der Waals surface area (Å²) < 4.78 is 0. The summed E-state index contributed by atoms with van der Waals surface area (Å²) in [5, 5.41) is 0. The van der Waals surface area contributed by atoms with Crippen LogP contribution in [0.4, 0.5) is 11.4 Å². The quantitative estimate of drug-likeness (QED) is 0.662. The van der Waals surface area contributed by atoms with E-state index < -0.39 is 0 Å². The van der Waals surface area contributed by atoms with Crippen molar-refractivity contribution in [3.05, 3.63) is 47.5 Å². The van der Waals surface area contributed by atoms with Gasteiger partial charge in [0.2, 0.25) is 0 Å². The van der Waals surface area contributed by atoms with Crippen LogP contribution in [0.1, 0.15) is 11.1 Å². The summed E-state index contributed by atoms with van der Waals surface area (Å²) in [6, 6.07) is 12.5. The van der Waals surface area contributed by atoms with Crippen molar-refractivity contribution in [3.63, 3.8) is 0 Å². The van der Waals surface area contributed by atoms with Crippen molar-refractivity contribution in [3.8, 4) is 0 Å². The summed E-state index contributed by atoms with van der Waals surface area (Å²) in [6.45, 7) is 0. The molecule has 0 spiro atoms. The highest BCUT2D eigenvalue weighted by molar-refractivity contribution is 7.99. The van der Waals surface area contributed by atoms with Gasteiger partial charge in [-0.15, -0.1) is 23.5 Å². The van der Waals surface area contributed by atoms with E-state index in [9.17, 15) is 0 Å². The Labute approximate surface area is 123 Å². The van der Waals surface area contributed by atoms with Gasteiger partial charge >= 0.3 is 0 Å². The molecule has 4 N–H and O–H groups in total. The Kier molecular flexibility index (Phi) is 4.66. The van der Waals surface area contributed by atoms with E-state index in [0.29, 0.717) is 0 Å². The number of anilines is 2. The van der Waals surface area contributed by atoms with Crippen LogP contribution in [0, 0.1) is 0 Å². The number of nitrogens with two attached hydrogens (primary N) is 2. The van der Waals surface area contributed by atoms with E-state index in [0.717, 1.165) is 33.2 Å². The number of nitrogen functional groups attached to an aromatic ring is 2. The summed E-state index contributed by atoms with van der Waals surface area (Å²) >= 11 is 3.28. The number of thioether (sulfide) groups is 2. The standard InChI is InChI=1S/C15H18N2S2/c1-18-12-9-11(8-10-6-4-3-5-7-10)13(16)15(19-2)14(12)17/h3-7,9H,8,16-17H2,1-2H3. The second kappa shape index (κ2) is 6.26. The van der Waals surface area contributed by atoms with Gasteiger partial charge in [0.1, 0.15) is 0 Å². The minimum absolute atomic E-state index is 0.800. The molecule has 0 atom stereocenters. The predicted molar refractivity (Wildman–Crippen MR) is 88.1 cm³/mol. The van der Waals surface area contributed by atoms with Gasteiger partial charge in [-0.2, -0.15) is 0 Å². The number of hydrogen-bond donors (Lipinski definition) is 2. The molecule has 4 heteroatoms. The Bertz CT molecular complexity index is 568. The molecule has 0 unspecified atom stereocenters. The maximum absolute atomic E-state index is 6.26. The smallest absolute Gasteiger partial charge is 0.0611 e. The van der Waals surface area contributed by atoms with Crippen LogP contribution in [0.25, 0.3) is 0 Å². The van der Waals surface area contributed by atoms with Crippen LogP contribution < -0.4 is 11.5 Å². The Balaban J connectivity index is 2.45. The van der Waals surface area contributed by atoms with Crippen LogP contribution in [0.5, 0.6) is 0 Å². The Morgan fingerprint density at radius 3 is 2.21 bits per heavy atom. The highest BCUT2D eigenvalue weighted by Gasteiger charge is 2.13. The highest BCUT2D eigenvalue weighted by atomic mass is 32.2. The van der Waals surface area contributed by atoms with Crippen LogP contribution >= 0.6 is 23.5 Å². The Morgan fingerprint density at radius 2 is 1.63 bits per heavy atom. The molecule has 100 valence electrons. The van der Waals surface area contributed by atoms with Gasteiger partial charge in [-0.25, -0.2) is 0 Å². The lowest BCUT2D eigenvalue weighted by molar-refractivity contribution is 1.15. The molecule has 2 aromatic carbocycles. The molecule has 19 heavy (non-hydrogen) atoms. The third kappa shape index (κ3) is 3.01. The summed E-state index contributed by atoms with van der Waals surface area (Å²) in [5.74, 6) is 0. The molecule has 0 heterocycles. The molecule has 0 amide bonds. The van der Waals surface area contributed by atoms with Crippen molar-refractivity contribution < 1.29 is 0 Å². The monoisotopic (exact) mass is 290 g/mol. The zero-order chi connectivity index (χ0) is 13.8. The summed E-state index contributed by atoms with van der Waals surface area (Å²) in [6.07, 6.45) is 4.89. The van der Waals surface area contributed by atoms with Crippen LogP contribution in [0.15, 0.2) is 46.2 Å². The second-order valence-corrected chi connectivity index (χ2v) is 5.93. The molecule has 0 saturated heterocycles. The number of hydrogen-bond acceptors (Lipinski definition) is 4. The van der Waals surface area contributed by atoms with Crippen molar-refractivity contribution in [1.82, 2.24) is 0 Å². The Morgan fingerprint density at radius 1 is 0.947 bits per heavy atom. The first kappa shape index (κ1) is 14.2. The molecule has 2 nitrogen and oxygen atoms in total. The molecule has 0 aliphatic heterocycles. The lowest BCUT2D eigenvalue weighted by Crippen LogP contribution is -2.03. The second-order valence-electron chi connectivity index (χ2n) is 4.26. The first-order valence-electron chi connectivity index (χ1n) is 6.00. The van der Waals surface area contributed by atoms with Crippen LogP contribution in [-0.4, -0.2) is 12.5 Å². The fraction of sp³-hybridized carbons (Fsp3) is 0.200. The lowest BCUT2D eigenvalue weighted by Gasteiger charge is -2.15. The van der Waals surface area contributed by atoms with Crippen LogP contribution in [0.2, 0.25) is 0 Å². The fourth-order valence-corrected chi connectivity index (χ4v) is 3.39. The third-order valence-electron chi connectivity index (χ3n) is 3.07. The lowest BCUT2D eigenvalue weighted by atomic mass is 10.0. The van der Waals surface area contributed by atoms with Gasteiger partial charge in [0, 0.05) is 4.90 Å². The number of benzene rings is 2. The van der Waals surface area contributed by atoms with Gasteiger partial charge in [-0.3, -0.25) is 0 Å². The van der Waals surface area contributed by atoms with Crippen molar-refractivity contribution >= 4 is 34.9 Å². The molecule has 0 aliphatic carbocycles. The summed E-state index contributed by atoms with van der Waals surface area (Å²) in [5.41, 5.74) is 16.4. The SMILES string of the molecule is CSc1cc(Cc2ccccc2)c(N)c(SC)c1N. The molecule has 0 aromatic heterocycles. The number of rotatable bonds is 4. The maximum Gasteiger partial charge on any atom is 0.0611 e. The third-order valence-corrected chi connectivity index (χ3v) is 4.69. The highest BCUT2D eigenvalue weighted by Crippen LogP contribution is 2.39. The molecular formula is C15H18N2S2. The van der Waals surface area contributed by atoms with E-state index in [1.165, 1.54) is 5.56 Å². The van der Waals surface area contributed by atoms with E-state index in [4.69, 9.17) is 11.5 Å². The van der Waals surface area contributed by atoms with Crippen molar-refractivity contribution in [2.75, 3.05) is 24.0 Å². The summed E-state index contributed by atoms with van der Waals surface area (Å²) in [4.78, 5) is 2.10. The zero-order valence-corrected chi connectivity index (χ0v) is 12.8. The van der Waals surface area contributed by atoms with Gasteiger partial charge in [-0.05, 0) is 36.1 Å². The molecule has 2 aromatic rings. The minimum Gasteiger partial charge on any atom is -0.398 e. The average molecular weight is 290 g/mol. The van der Waals surface area contributed by atoms with Gasteiger partial charge in [0.25, 0.3) is 0 Å².